The minimum atomic E-state index is 0.0914. The summed E-state index contributed by atoms with van der Waals surface area (Å²) in [6, 6.07) is 9.85. The van der Waals surface area contributed by atoms with Crippen LogP contribution in [0.1, 0.15) is 11.3 Å². The van der Waals surface area contributed by atoms with Gasteiger partial charge in [-0.25, -0.2) is 9.97 Å². The Balaban J connectivity index is 2.34. The number of rotatable bonds is 1. The van der Waals surface area contributed by atoms with Gasteiger partial charge in [0, 0.05) is 5.69 Å². The summed E-state index contributed by atoms with van der Waals surface area (Å²) in [7, 11) is 0. The molecule has 0 aliphatic heterocycles. The molecule has 2 aromatic heterocycles. The summed E-state index contributed by atoms with van der Waals surface area (Å²) in [5, 5.41) is 9.03. The average Bonchev–Trinajstić information content (AvgIpc) is 2.74. The van der Waals surface area contributed by atoms with E-state index < -0.39 is 0 Å². The molecule has 3 rings (SSSR count). The number of fused-ring (bicyclic) bond motifs is 1. The second-order valence-electron chi connectivity index (χ2n) is 4.14. The minimum absolute atomic E-state index is 0.0914. The third-order valence-corrected chi connectivity index (χ3v) is 4.30. The molecular formula is C13H7ClN4S2. The van der Waals surface area contributed by atoms with Crippen LogP contribution in [0.4, 0.5) is 0 Å². The lowest BCUT2D eigenvalue weighted by atomic mass is 10.2. The molecule has 0 aliphatic carbocycles. The molecule has 0 amide bonds. The van der Waals surface area contributed by atoms with Gasteiger partial charge >= 0.3 is 0 Å². The maximum atomic E-state index is 8.94. The van der Waals surface area contributed by atoms with Crippen LogP contribution >= 0.6 is 35.2 Å². The second kappa shape index (κ2) is 4.94. The van der Waals surface area contributed by atoms with E-state index in [2.05, 4.69) is 9.97 Å². The SMILES string of the molecule is Cc1ccc(-n2c(=S)sc3nc(C#N)c(Cl)nc32)cc1. The normalized spacial score (nSPS) is 10.7. The Morgan fingerprint density at radius 2 is 2.00 bits per heavy atom. The Morgan fingerprint density at radius 1 is 1.30 bits per heavy atom. The van der Waals surface area contributed by atoms with Crippen molar-refractivity contribution in [2.45, 2.75) is 6.92 Å². The number of benzene rings is 1. The fourth-order valence-electron chi connectivity index (χ4n) is 1.81. The van der Waals surface area contributed by atoms with Crippen molar-refractivity contribution in [2.75, 3.05) is 0 Å². The van der Waals surface area contributed by atoms with Crippen molar-refractivity contribution in [3.63, 3.8) is 0 Å². The number of nitrogens with zero attached hydrogens (tertiary/aromatic N) is 4. The van der Waals surface area contributed by atoms with Gasteiger partial charge in [-0.1, -0.05) is 40.6 Å². The molecule has 0 radical (unpaired) electrons. The van der Waals surface area contributed by atoms with Crippen molar-refractivity contribution < 1.29 is 0 Å². The van der Waals surface area contributed by atoms with E-state index in [1.165, 1.54) is 11.3 Å². The van der Waals surface area contributed by atoms with Gasteiger partial charge in [-0.2, -0.15) is 5.26 Å². The number of aryl methyl sites for hydroxylation is 1. The molecule has 0 bridgehead atoms. The summed E-state index contributed by atoms with van der Waals surface area (Å²) in [5.41, 5.74) is 2.76. The van der Waals surface area contributed by atoms with Gasteiger partial charge in [-0.3, -0.25) is 4.57 Å². The van der Waals surface area contributed by atoms with Gasteiger partial charge in [0.1, 0.15) is 6.07 Å². The zero-order valence-corrected chi connectivity index (χ0v) is 12.7. The Labute approximate surface area is 128 Å². The molecule has 0 aliphatic rings. The van der Waals surface area contributed by atoms with Crippen molar-refractivity contribution in [3.05, 3.63) is 44.6 Å². The first-order chi connectivity index (χ1) is 9.60. The highest BCUT2D eigenvalue weighted by Gasteiger charge is 2.13. The fraction of sp³-hybridized carbons (Fsp3) is 0.0769. The number of aromatic nitrogens is 3. The number of hydrogen-bond acceptors (Lipinski definition) is 5. The zero-order valence-electron chi connectivity index (χ0n) is 10.3. The molecule has 1 aromatic carbocycles. The lowest BCUT2D eigenvalue weighted by Gasteiger charge is -2.04. The largest absolute Gasteiger partial charge is 0.274 e. The zero-order chi connectivity index (χ0) is 14.3. The summed E-state index contributed by atoms with van der Waals surface area (Å²) in [5.74, 6) is 0. The predicted molar refractivity (Wildman–Crippen MR) is 82.0 cm³/mol. The molecule has 0 N–H and O–H groups in total. The summed E-state index contributed by atoms with van der Waals surface area (Å²) in [6.07, 6.45) is 0. The van der Waals surface area contributed by atoms with Crippen LogP contribution in [-0.4, -0.2) is 14.5 Å². The van der Waals surface area contributed by atoms with Crippen molar-refractivity contribution in [2.24, 2.45) is 0 Å². The van der Waals surface area contributed by atoms with Crippen LogP contribution in [0.15, 0.2) is 24.3 Å². The van der Waals surface area contributed by atoms with Crippen molar-refractivity contribution in [1.82, 2.24) is 14.5 Å². The molecule has 0 saturated heterocycles. The van der Waals surface area contributed by atoms with Gasteiger partial charge in [0.05, 0.1) is 0 Å². The first-order valence-electron chi connectivity index (χ1n) is 5.66. The summed E-state index contributed by atoms with van der Waals surface area (Å²) < 4.78 is 2.43. The van der Waals surface area contributed by atoms with Crippen LogP contribution in [0.3, 0.4) is 0 Å². The molecule has 2 heterocycles. The van der Waals surface area contributed by atoms with E-state index in [0.717, 1.165) is 11.3 Å². The van der Waals surface area contributed by atoms with Crippen molar-refractivity contribution in [1.29, 1.82) is 5.26 Å². The average molecular weight is 319 g/mol. The number of nitriles is 1. The smallest absolute Gasteiger partial charge is 0.179 e. The monoisotopic (exact) mass is 318 g/mol. The van der Waals surface area contributed by atoms with Crippen LogP contribution in [0.5, 0.6) is 0 Å². The lowest BCUT2D eigenvalue weighted by molar-refractivity contribution is 1.07. The predicted octanol–water partition coefficient (Wildman–Crippen LogP) is 4.04. The third kappa shape index (κ3) is 2.10. The van der Waals surface area contributed by atoms with E-state index >= 15 is 0 Å². The highest BCUT2D eigenvalue weighted by molar-refractivity contribution is 7.73. The van der Waals surface area contributed by atoms with Crippen LogP contribution in [0.25, 0.3) is 16.2 Å². The molecule has 20 heavy (non-hydrogen) atoms. The van der Waals surface area contributed by atoms with Gasteiger partial charge in [-0.15, -0.1) is 0 Å². The number of halogens is 1. The van der Waals surface area contributed by atoms with E-state index in [0.29, 0.717) is 14.4 Å². The topological polar surface area (TPSA) is 54.5 Å². The standard InChI is InChI=1S/C13H7ClN4S2/c1-7-2-4-8(5-3-7)18-11-12(20-13(18)19)16-9(6-15)10(14)17-11/h2-5H,1H3. The Bertz CT molecular complexity index is 903. The second-order valence-corrected chi connectivity index (χ2v) is 6.12. The van der Waals surface area contributed by atoms with E-state index in [1.54, 1.807) is 0 Å². The molecule has 0 spiro atoms. The third-order valence-electron chi connectivity index (χ3n) is 2.78. The Kier molecular flexibility index (Phi) is 3.26. The molecular weight excluding hydrogens is 312 g/mol. The quantitative estimate of drug-likeness (QED) is 0.635. The lowest BCUT2D eigenvalue weighted by Crippen LogP contribution is -1.97. The van der Waals surface area contributed by atoms with Crippen LogP contribution in [0.2, 0.25) is 5.15 Å². The van der Waals surface area contributed by atoms with Gasteiger partial charge in [0.25, 0.3) is 0 Å². The van der Waals surface area contributed by atoms with E-state index in [1.807, 2.05) is 41.8 Å². The molecule has 0 fully saturated rings. The number of thiazole rings is 1. The maximum Gasteiger partial charge on any atom is 0.179 e. The van der Waals surface area contributed by atoms with Crippen molar-refractivity contribution >= 4 is 45.6 Å². The molecule has 98 valence electrons. The highest BCUT2D eigenvalue weighted by atomic mass is 35.5. The molecule has 0 saturated carbocycles. The Hall–Kier alpha value is -1.81. The molecule has 7 heteroatoms. The molecule has 0 atom stereocenters. The fourth-order valence-corrected chi connectivity index (χ4v) is 3.22. The van der Waals surface area contributed by atoms with Gasteiger partial charge in [0.15, 0.2) is 25.3 Å². The Morgan fingerprint density at radius 3 is 2.65 bits per heavy atom. The maximum absolute atomic E-state index is 8.94. The molecule has 3 aromatic rings. The summed E-state index contributed by atoms with van der Waals surface area (Å²) in [4.78, 5) is 9.05. The molecule has 0 unspecified atom stereocenters. The first-order valence-corrected chi connectivity index (χ1v) is 7.26. The van der Waals surface area contributed by atoms with E-state index in [4.69, 9.17) is 29.1 Å². The first kappa shape index (κ1) is 13.2. The number of hydrogen-bond donors (Lipinski definition) is 0. The summed E-state index contributed by atoms with van der Waals surface area (Å²) in [6.45, 7) is 2.02. The molecule has 4 nitrogen and oxygen atoms in total. The van der Waals surface area contributed by atoms with Crippen LogP contribution in [-0.2, 0) is 0 Å². The van der Waals surface area contributed by atoms with Gasteiger partial charge in [0.2, 0.25) is 0 Å². The van der Waals surface area contributed by atoms with Crippen molar-refractivity contribution in [3.8, 4) is 11.8 Å². The van der Waals surface area contributed by atoms with Crippen LogP contribution in [0, 0.1) is 22.2 Å². The van der Waals surface area contributed by atoms with Gasteiger partial charge < -0.3 is 0 Å². The van der Waals surface area contributed by atoms with Crippen LogP contribution < -0.4 is 0 Å². The minimum Gasteiger partial charge on any atom is -0.274 e. The van der Waals surface area contributed by atoms with Gasteiger partial charge in [-0.05, 0) is 31.3 Å². The highest BCUT2D eigenvalue weighted by Crippen LogP contribution is 2.26. The van der Waals surface area contributed by atoms with E-state index in [-0.39, 0.29) is 10.8 Å². The van der Waals surface area contributed by atoms with E-state index in [9.17, 15) is 0 Å². The summed E-state index contributed by atoms with van der Waals surface area (Å²) >= 11 is 12.6.